The van der Waals surface area contributed by atoms with Gasteiger partial charge in [-0.3, -0.25) is 19.1 Å². The van der Waals surface area contributed by atoms with E-state index in [2.05, 4.69) is 15.2 Å². The zero-order chi connectivity index (χ0) is 16.9. The fourth-order valence-corrected chi connectivity index (χ4v) is 2.91. The van der Waals surface area contributed by atoms with E-state index < -0.39 is 0 Å². The number of aromatic nitrogens is 2. The third kappa shape index (κ3) is 3.47. The van der Waals surface area contributed by atoms with E-state index in [1.807, 2.05) is 13.0 Å². The van der Waals surface area contributed by atoms with Crippen LogP contribution in [-0.2, 0) is 11.3 Å². The van der Waals surface area contributed by atoms with E-state index in [1.54, 1.807) is 18.3 Å². The first kappa shape index (κ1) is 16.6. The van der Waals surface area contributed by atoms with Gasteiger partial charge >= 0.3 is 0 Å². The van der Waals surface area contributed by atoms with Gasteiger partial charge in [0.05, 0.1) is 13.2 Å². The molecule has 7 nitrogen and oxygen atoms in total. The van der Waals surface area contributed by atoms with E-state index in [-0.39, 0.29) is 17.0 Å². The maximum absolute atomic E-state index is 12.6. The Morgan fingerprint density at radius 2 is 2.17 bits per heavy atom. The Hall–Kier alpha value is -2.25. The molecule has 0 aromatic carbocycles. The molecule has 0 radical (unpaired) electrons. The highest BCUT2D eigenvalue weighted by Gasteiger charge is 2.16. The number of carbonyl (C=O) groups excluding carboxylic acids is 1. The van der Waals surface area contributed by atoms with Crippen LogP contribution in [0.4, 0.5) is 0 Å². The number of nitrogens with zero attached hydrogens (tertiary/aromatic N) is 3. The molecule has 0 saturated carbocycles. The Bertz CT molecular complexity index is 781. The van der Waals surface area contributed by atoms with E-state index in [0.717, 1.165) is 38.2 Å². The number of rotatable bonds is 5. The average molecular weight is 330 g/mol. The molecular formula is C17H22N4O3. The fraction of sp³-hybridized carbons (Fsp3) is 0.471. The summed E-state index contributed by atoms with van der Waals surface area (Å²) < 4.78 is 6.83. The molecule has 1 aliphatic rings. The van der Waals surface area contributed by atoms with Gasteiger partial charge in [-0.25, -0.2) is 4.98 Å². The van der Waals surface area contributed by atoms with E-state index in [4.69, 9.17) is 4.74 Å². The van der Waals surface area contributed by atoms with Crippen LogP contribution < -0.4 is 10.9 Å². The van der Waals surface area contributed by atoms with E-state index >= 15 is 0 Å². The van der Waals surface area contributed by atoms with Gasteiger partial charge in [0.1, 0.15) is 11.2 Å². The molecule has 0 bridgehead atoms. The van der Waals surface area contributed by atoms with Gasteiger partial charge in [-0.15, -0.1) is 0 Å². The molecule has 3 heterocycles. The SMILES string of the molecule is CCn1c(=O)c(C(=O)NCCN2CCOCC2)cc2cccnc21. The van der Waals surface area contributed by atoms with Crippen LogP contribution in [0.15, 0.2) is 29.2 Å². The normalized spacial score (nSPS) is 15.5. The first-order valence-electron chi connectivity index (χ1n) is 8.27. The van der Waals surface area contributed by atoms with Crippen molar-refractivity contribution in [3.8, 4) is 0 Å². The van der Waals surface area contributed by atoms with Crippen molar-refractivity contribution in [1.82, 2.24) is 19.8 Å². The molecule has 0 unspecified atom stereocenters. The maximum atomic E-state index is 12.6. The van der Waals surface area contributed by atoms with Crippen molar-refractivity contribution in [3.63, 3.8) is 0 Å². The highest BCUT2D eigenvalue weighted by molar-refractivity contribution is 5.96. The summed E-state index contributed by atoms with van der Waals surface area (Å²) >= 11 is 0. The molecule has 2 aromatic heterocycles. The zero-order valence-corrected chi connectivity index (χ0v) is 13.8. The number of nitrogens with one attached hydrogen (secondary N) is 1. The van der Waals surface area contributed by atoms with Crippen LogP contribution >= 0.6 is 0 Å². The number of pyridine rings is 2. The smallest absolute Gasteiger partial charge is 0.265 e. The molecule has 0 spiro atoms. The lowest BCUT2D eigenvalue weighted by Crippen LogP contribution is -2.42. The van der Waals surface area contributed by atoms with E-state index in [9.17, 15) is 9.59 Å². The molecule has 1 saturated heterocycles. The van der Waals surface area contributed by atoms with Crippen LogP contribution in [-0.4, -0.2) is 59.8 Å². The molecule has 2 aromatic rings. The highest BCUT2D eigenvalue weighted by Crippen LogP contribution is 2.10. The minimum Gasteiger partial charge on any atom is -0.379 e. The van der Waals surface area contributed by atoms with Gasteiger partial charge in [-0.1, -0.05) is 0 Å². The standard InChI is InChI=1S/C17H22N4O3/c1-2-21-15-13(4-3-5-18-15)12-14(17(21)23)16(22)19-6-7-20-8-10-24-11-9-20/h3-5,12H,2,6-11H2,1H3,(H,19,22). The number of aryl methyl sites for hydroxylation is 1. The number of carbonyl (C=O) groups is 1. The van der Waals surface area contributed by atoms with Crippen molar-refractivity contribution in [2.24, 2.45) is 0 Å². The van der Waals surface area contributed by atoms with Gasteiger partial charge < -0.3 is 10.1 Å². The molecule has 128 valence electrons. The minimum atomic E-state index is -0.332. The maximum Gasteiger partial charge on any atom is 0.265 e. The van der Waals surface area contributed by atoms with Crippen LogP contribution in [0.2, 0.25) is 0 Å². The summed E-state index contributed by atoms with van der Waals surface area (Å²) in [5, 5.41) is 3.64. The second-order valence-corrected chi connectivity index (χ2v) is 5.73. The number of fused-ring (bicyclic) bond motifs is 1. The average Bonchev–Trinajstić information content (AvgIpc) is 2.62. The molecule has 24 heavy (non-hydrogen) atoms. The predicted molar refractivity (Wildman–Crippen MR) is 91.3 cm³/mol. The van der Waals surface area contributed by atoms with Gasteiger partial charge in [0.25, 0.3) is 11.5 Å². The second-order valence-electron chi connectivity index (χ2n) is 5.73. The number of hydrogen-bond donors (Lipinski definition) is 1. The summed E-state index contributed by atoms with van der Waals surface area (Å²) in [4.78, 5) is 31.5. The Morgan fingerprint density at radius 1 is 1.38 bits per heavy atom. The molecule has 7 heteroatoms. The molecule has 1 amide bonds. The molecule has 1 aliphatic heterocycles. The summed E-state index contributed by atoms with van der Waals surface area (Å²) in [6.07, 6.45) is 1.65. The molecule has 0 atom stereocenters. The Kier molecular flexibility index (Phi) is 5.22. The van der Waals surface area contributed by atoms with Crippen molar-refractivity contribution < 1.29 is 9.53 Å². The third-order valence-electron chi connectivity index (χ3n) is 4.23. The lowest BCUT2D eigenvalue weighted by Gasteiger charge is -2.26. The minimum absolute atomic E-state index is 0.166. The van der Waals surface area contributed by atoms with Crippen LogP contribution in [0, 0.1) is 0 Å². The van der Waals surface area contributed by atoms with Crippen molar-refractivity contribution in [1.29, 1.82) is 0 Å². The quantitative estimate of drug-likeness (QED) is 0.863. The molecule has 1 N–H and O–H groups in total. The summed E-state index contributed by atoms with van der Waals surface area (Å²) in [6, 6.07) is 5.28. The van der Waals surface area contributed by atoms with Crippen molar-refractivity contribution in [2.45, 2.75) is 13.5 Å². The van der Waals surface area contributed by atoms with Gasteiger partial charge in [0.2, 0.25) is 0 Å². The summed E-state index contributed by atoms with van der Waals surface area (Å²) in [6.45, 7) is 6.82. The largest absolute Gasteiger partial charge is 0.379 e. The summed E-state index contributed by atoms with van der Waals surface area (Å²) in [5.74, 6) is -0.332. The molecule has 1 fully saturated rings. The number of morpholine rings is 1. The lowest BCUT2D eigenvalue weighted by atomic mass is 10.2. The second kappa shape index (κ2) is 7.55. The Morgan fingerprint density at radius 3 is 2.92 bits per heavy atom. The molecule has 0 aliphatic carbocycles. The first-order chi connectivity index (χ1) is 11.7. The van der Waals surface area contributed by atoms with E-state index in [0.29, 0.717) is 18.7 Å². The lowest BCUT2D eigenvalue weighted by molar-refractivity contribution is 0.0383. The number of hydrogen-bond acceptors (Lipinski definition) is 5. The summed E-state index contributed by atoms with van der Waals surface area (Å²) in [5.41, 5.74) is 0.474. The van der Waals surface area contributed by atoms with Gasteiger partial charge in [-0.05, 0) is 25.1 Å². The van der Waals surface area contributed by atoms with Crippen molar-refractivity contribution >= 4 is 16.9 Å². The number of ether oxygens (including phenoxy) is 1. The van der Waals surface area contributed by atoms with Gasteiger partial charge in [-0.2, -0.15) is 0 Å². The van der Waals surface area contributed by atoms with Crippen LogP contribution in [0.5, 0.6) is 0 Å². The van der Waals surface area contributed by atoms with Crippen LogP contribution in [0.3, 0.4) is 0 Å². The van der Waals surface area contributed by atoms with Gasteiger partial charge in [0, 0.05) is 44.3 Å². The van der Waals surface area contributed by atoms with Crippen LogP contribution in [0.25, 0.3) is 11.0 Å². The topological polar surface area (TPSA) is 76.5 Å². The van der Waals surface area contributed by atoms with E-state index in [1.165, 1.54) is 4.57 Å². The highest BCUT2D eigenvalue weighted by atomic mass is 16.5. The fourth-order valence-electron chi connectivity index (χ4n) is 2.91. The van der Waals surface area contributed by atoms with Crippen molar-refractivity contribution in [3.05, 3.63) is 40.3 Å². The summed E-state index contributed by atoms with van der Waals surface area (Å²) in [7, 11) is 0. The Labute approximate surface area is 140 Å². The molecule has 3 rings (SSSR count). The van der Waals surface area contributed by atoms with Crippen molar-refractivity contribution in [2.75, 3.05) is 39.4 Å². The predicted octanol–water partition coefficient (Wildman–Crippen LogP) is 0.478. The van der Waals surface area contributed by atoms with Crippen LogP contribution in [0.1, 0.15) is 17.3 Å². The third-order valence-corrected chi connectivity index (χ3v) is 4.23. The zero-order valence-electron chi connectivity index (χ0n) is 13.8. The molecular weight excluding hydrogens is 308 g/mol. The van der Waals surface area contributed by atoms with Gasteiger partial charge in [0.15, 0.2) is 0 Å². The number of amides is 1. The Balaban J connectivity index is 1.74. The monoisotopic (exact) mass is 330 g/mol. The first-order valence-corrected chi connectivity index (χ1v) is 8.27.